The number of aromatic nitrogens is 2. The Bertz CT molecular complexity index is 801. The Morgan fingerprint density at radius 2 is 2.20 bits per heavy atom. The Labute approximate surface area is 147 Å². The number of carbonyl (C=O) groups is 2. The van der Waals surface area contributed by atoms with Crippen molar-refractivity contribution >= 4 is 17.5 Å². The van der Waals surface area contributed by atoms with E-state index in [-0.39, 0.29) is 18.2 Å². The summed E-state index contributed by atoms with van der Waals surface area (Å²) in [5, 5.41) is 2.65. The summed E-state index contributed by atoms with van der Waals surface area (Å²) in [6.07, 6.45) is 3.59. The number of amides is 2. The number of likely N-dealkylation sites (tertiary alicyclic amines) is 1. The van der Waals surface area contributed by atoms with E-state index in [1.807, 2.05) is 29.5 Å². The van der Waals surface area contributed by atoms with Gasteiger partial charge in [-0.15, -0.1) is 0 Å². The lowest BCUT2D eigenvalue weighted by molar-refractivity contribution is -0.123. The highest BCUT2D eigenvalue weighted by molar-refractivity contribution is 5.94. The fourth-order valence-electron chi connectivity index (χ4n) is 3.69. The molecule has 2 aromatic heterocycles. The summed E-state index contributed by atoms with van der Waals surface area (Å²) in [6, 6.07) is 5.77. The average Bonchev–Trinajstić information content (AvgIpc) is 3.20. The largest absolute Gasteiger partial charge is 0.382 e. The minimum Gasteiger partial charge on any atom is -0.382 e. The molecule has 25 heavy (non-hydrogen) atoms. The first kappa shape index (κ1) is 17.4. The molecule has 3 heterocycles. The summed E-state index contributed by atoms with van der Waals surface area (Å²) in [7, 11) is 3.20. The molecule has 0 bridgehead atoms. The smallest absolute Gasteiger partial charge is 0.274 e. The molecule has 0 saturated carbocycles. The third-order valence-electron chi connectivity index (χ3n) is 4.94. The zero-order valence-corrected chi connectivity index (χ0v) is 14.9. The van der Waals surface area contributed by atoms with Gasteiger partial charge < -0.3 is 19.4 Å². The van der Waals surface area contributed by atoms with Crippen molar-refractivity contribution in [2.45, 2.75) is 31.7 Å². The fraction of sp³-hybridized carbons (Fsp3) is 0.500. The van der Waals surface area contributed by atoms with Gasteiger partial charge in [0.15, 0.2) is 0 Å². The van der Waals surface area contributed by atoms with Gasteiger partial charge in [-0.1, -0.05) is 6.07 Å². The number of ether oxygens (including phenoxy) is 1. The van der Waals surface area contributed by atoms with Crippen molar-refractivity contribution < 1.29 is 14.3 Å². The second-order valence-electron chi connectivity index (χ2n) is 6.59. The van der Waals surface area contributed by atoms with Crippen LogP contribution in [0, 0.1) is 6.92 Å². The highest BCUT2D eigenvalue weighted by Gasteiger charge is 2.45. The molecule has 7 heteroatoms. The SMILES string of the molecule is CNC(=O)C[C@@]1(COC)CCCN1C(=O)c1cn2c(C)cccc2n1. The van der Waals surface area contributed by atoms with Crippen molar-refractivity contribution in [3.8, 4) is 0 Å². The average molecular weight is 344 g/mol. The zero-order valence-electron chi connectivity index (χ0n) is 14.9. The molecule has 0 unspecified atom stereocenters. The molecular weight excluding hydrogens is 320 g/mol. The van der Waals surface area contributed by atoms with Crippen LogP contribution in [0.5, 0.6) is 0 Å². The van der Waals surface area contributed by atoms with E-state index in [1.54, 1.807) is 25.3 Å². The number of carbonyl (C=O) groups excluding carboxylic acids is 2. The molecule has 0 aliphatic carbocycles. The van der Waals surface area contributed by atoms with Gasteiger partial charge >= 0.3 is 0 Å². The lowest BCUT2D eigenvalue weighted by atomic mass is 9.92. The van der Waals surface area contributed by atoms with Crippen molar-refractivity contribution in [1.82, 2.24) is 19.6 Å². The number of imidazole rings is 1. The Hall–Kier alpha value is -2.41. The first-order chi connectivity index (χ1) is 12.0. The maximum absolute atomic E-state index is 13.2. The monoisotopic (exact) mass is 344 g/mol. The maximum Gasteiger partial charge on any atom is 0.274 e. The summed E-state index contributed by atoms with van der Waals surface area (Å²) < 4.78 is 7.27. The molecule has 3 rings (SSSR count). The van der Waals surface area contributed by atoms with E-state index in [0.29, 0.717) is 18.8 Å². The van der Waals surface area contributed by atoms with E-state index in [2.05, 4.69) is 10.3 Å². The van der Waals surface area contributed by atoms with Crippen LogP contribution >= 0.6 is 0 Å². The van der Waals surface area contributed by atoms with Crippen LogP contribution < -0.4 is 5.32 Å². The van der Waals surface area contributed by atoms with Crippen LogP contribution in [0.4, 0.5) is 0 Å². The third kappa shape index (κ3) is 3.11. The number of nitrogens with one attached hydrogen (secondary N) is 1. The molecule has 2 aromatic rings. The van der Waals surface area contributed by atoms with Crippen molar-refractivity contribution in [1.29, 1.82) is 0 Å². The predicted octanol–water partition coefficient (Wildman–Crippen LogP) is 1.40. The summed E-state index contributed by atoms with van der Waals surface area (Å²) in [5.74, 6) is -0.246. The molecule has 7 nitrogen and oxygen atoms in total. The van der Waals surface area contributed by atoms with Gasteiger partial charge in [-0.3, -0.25) is 9.59 Å². The molecule has 0 spiro atoms. The van der Waals surface area contributed by atoms with Crippen LogP contribution in [0.25, 0.3) is 5.65 Å². The number of rotatable bonds is 5. The minimum absolute atomic E-state index is 0.0948. The Morgan fingerprint density at radius 3 is 2.88 bits per heavy atom. The van der Waals surface area contributed by atoms with Gasteiger partial charge in [-0.25, -0.2) is 4.98 Å². The maximum atomic E-state index is 13.2. The molecule has 0 aromatic carbocycles. The van der Waals surface area contributed by atoms with Gasteiger partial charge in [-0.2, -0.15) is 0 Å². The Balaban J connectivity index is 1.95. The summed E-state index contributed by atoms with van der Waals surface area (Å²) in [5.41, 5.74) is 1.54. The Morgan fingerprint density at radius 1 is 1.40 bits per heavy atom. The van der Waals surface area contributed by atoms with Gasteiger partial charge in [0.05, 0.1) is 18.6 Å². The van der Waals surface area contributed by atoms with E-state index in [0.717, 1.165) is 24.2 Å². The van der Waals surface area contributed by atoms with Crippen molar-refractivity contribution in [3.05, 3.63) is 35.8 Å². The molecule has 2 amide bonds. The van der Waals surface area contributed by atoms with Crippen LogP contribution in [-0.2, 0) is 9.53 Å². The third-order valence-corrected chi connectivity index (χ3v) is 4.94. The van der Waals surface area contributed by atoms with E-state index >= 15 is 0 Å². The van der Waals surface area contributed by atoms with E-state index in [9.17, 15) is 9.59 Å². The molecule has 0 radical (unpaired) electrons. The van der Waals surface area contributed by atoms with Gasteiger partial charge in [0.25, 0.3) is 5.91 Å². The first-order valence-corrected chi connectivity index (χ1v) is 8.47. The number of aryl methyl sites for hydroxylation is 1. The molecule has 1 aliphatic heterocycles. The van der Waals surface area contributed by atoms with E-state index in [1.165, 1.54) is 0 Å². The van der Waals surface area contributed by atoms with E-state index in [4.69, 9.17) is 4.74 Å². The topological polar surface area (TPSA) is 75.9 Å². The second kappa shape index (κ2) is 6.84. The van der Waals surface area contributed by atoms with Crippen molar-refractivity contribution in [2.75, 3.05) is 27.3 Å². The quantitative estimate of drug-likeness (QED) is 0.890. The molecular formula is C18H24N4O3. The number of hydrogen-bond donors (Lipinski definition) is 1. The van der Waals surface area contributed by atoms with Crippen molar-refractivity contribution in [2.24, 2.45) is 0 Å². The van der Waals surface area contributed by atoms with Crippen LogP contribution in [0.2, 0.25) is 0 Å². The van der Waals surface area contributed by atoms with Crippen LogP contribution in [0.15, 0.2) is 24.4 Å². The van der Waals surface area contributed by atoms with Crippen LogP contribution in [0.1, 0.15) is 35.4 Å². The van der Waals surface area contributed by atoms with Gasteiger partial charge in [-0.05, 0) is 31.9 Å². The van der Waals surface area contributed by atoms with Gasteiger partial charge in [0.2, 0.25) is 5.91 Å². The summed E-state index contributed by atoms with van der Waals surface area (Å²) in [4.78, 5) is 31.4. The molecule has 1 atom stereocenters. The standard InChI is InChI=1S/C18H24N4O3/c1-13-6-4-7-15-20-14(11-21(13)15)17(24)22-9-5-8-18(22,12-25-3)10-16(23)19-2/h4,6-7,11H,5,8-10,12H2,1-3H3,(H,19,23)/t18-/m1/s1. The minimum atomic E-state index is -0.614. The molecule has 134 valence electrons. The normalized spacial score (nSPS) is 20.2. The van der Waals surface area contributed by atoms with E-state index < -0.39 is 5.54 Å². The molecule has 1 N–H and O–H groups in total. The number of hydrogen-bond acceptors (Lipinski definition) is 4. The zero-order chi connectivity index (χ0) is 18.0. The predicted molar refractivity (Wildman–Crippen MR) is 93.5 cm³/mol. The first-order valence-electron chi connectivity index (χ1n) is 8.47. The molecule has 1 saturated heterocycles. The van der Waals surface area contributed by atoms with Crippen LogP contribution in [0.3, 0.4) is 0 Å². The summed E-state index contributed by atoms with van der Waals surface area (Å²) >= 11 is 0. The number of nitrogens with zero attached hydrogens (tertiary/aromatic N) is 3. The lowest BCUT2D eigenvalue weighted by Gasteiger charge is -2.37. The van der Waals surface area contributed by atoms with Crippen LogP contribution in [-0.4, -0.2) is 58.9 Å². The number of pyridine rings is 1. The summed E-state index contributed by atoms with van der Waals surface area (Å²) in [6.45, 7) is 2.91. The molecule has 1 fully saturated rings. The number of fused-ring (bicyclic) bond motifs is 1. The highest BCUT2D eigenvalue weighted by Crippen LogP contribution is 2.34. The van der Waals surface area contributed by atoms with Gasteiger partial charge in [0.1, 0.15) is 11.3 Å². The van der Waals surface area contributed by atoms with Gasteiger partial charge in [0, 0.05) is 32.6 Å². The Kier molecular flexibility index (Phi) is 4.76. The molecule has 1 aliphatic rings. The van der Waals surface area contributed by atoms with Crippen molar-refractivity contribution in [3.63, 3.8) is 0 Å². The second-order valence-corrected chi connectivity index (χ2v) is 6.59. The highest BCUT2D eigenvalue weighted by atomic mass is 16.5. The lowest BCUT2D eigenvalue weighted by Crippen LogP contribution is -2.52. The fourth-order valence-corrected chi connectivity index (χ4v) is 3.69. The number of methoxy groups -OCH3 is 1.